The molecule has 5 nitrogen and oxygen atoms in total. The van der Waals surface area contributed by atoms with E-state index in [-0.39, 0.29) is 11.9 Å². The van der Waals surface area contributed by atoms with E-state index in [9.17, 15) is 9.59 Å². The Hall–Kier alpha value is -2.99. The van der Waals surface area contributed by atoms with Gasteiger partial charge >= 0.3 is 5.97 Å². The van der Waals surface area contributed by atoms with Gasteiger partial charge in [0, 0.05) is 18.1 Å². The maximum absolute atomic E-state index is 13.0. The molecule has 0 atom stereocenters. The number of aromatic nitrogens is 1. The Labute approximate surface area is 155 Å². The maximum Gasteiger partial charge on any atom is 0.338 e. The number of carbonyl (C=O) groups excluding carboxylic acids is 2. The highest BCUT2D eigenvalue weighted by Gasteiger charge is 2.19. The topological polar surface area (TPSA) is 59.5 Å². The van der Waals surface area contributed by atoms with Crippen LogP contribution in [-0.2, 0) is 11.3 Å². The zero-order valence-corrected chi connectivity index (χ0v) is 15.1. The molecule has 3 aromatic rings. The third-order valence-corrected chi connectivity index (χ3v) is 4.59. The lowest BCUT2D eigenvalue weighted by molar-refractivity contribution is 0.0526. The molecule has 0 saturated carbocycles. The normalized spacial score (nSPS) is 10.3. The van der Waals surface area contributed by atoms with Gasteiger partial charge in [0.1, 0.15) is 0 Å². The molecule has 2 heterocycles. The van der Waals surface area contributed by atoms with Crippen LogP contribution >= 0.6 is 11.3 Å². The van der Waals surface area contributed by atoms with E-state index in [0.29, 0.717) is 29.3 Å². The largest absolute Gasteiger partial charge is 0.462 e. The molecule has 6 heteroatoms. The average molecular weight is 366 g/mol. The highest BCUT2D eigenvalue weighted by molar-refractivity contribution is 7.12. The van der Waals surface area contributed by atoms with Crippen molar-refractivity contribution in [1.29, 1.82) is 0 Å². The Morgan fingerprint density at radius 3 is 2.54 bits per heavy atom. The van der Waals surface area contributed by atoms with Crippen molar-refractivity contribution in [3.8, 4) is 0 Å². The van der Waals surface area contributed by atoms with E-state index in [1.807, 2.05) is 23.6 Å². The molecule has 0 aliphatic carbocycles. The molecule has 1 amide bonds. The number of esters is 1. The molecular formula is C20H18N2O3S. The van der Waals surface area contributed by atoms with Gasteiger partial charge in [-0.1, -0.05) is 12.1 Å². The number of pyridine rings is 1. The minimum absolute atomic E-state index is 0.0901. The van der Waals surface area contributed by atoms with Gasteiger partial charge < -0.3 is 9.64 Å². The SMILES string of the molecule is CCOC(=O)c1ccc(N(Cc2cccnc2)C(=O)c2cccs2)cc1. The minimum Gasteiger partial charge on any atom is -0.462 e. The number of amides is 1. The average Bonchev–Trinajstić information content (AvgIpc) is 3.22. The first-order chi connectivity index (χ1) is 12.7. The molecule has 132 valence electrons. The van der Waals surface area contributed by atoms with Crippen molar-refractivity contribution in [3.05, 3.63) is 82.3 Å². The van der Waals surface area contributed by atoms with Crippen molar-refractivity contribution in [2.45, 2.75) is 13.5 Å². The van der Waals surface area contributed by atoms with Gasteiger partial charge in [0.2, 0.25) is 0 Å². The zero-order valence-electron chi connectivity index (χ0n) is 14.3. The van der Waals surface area contributed by atoms with Crippen LogP contribution in [0.1, 0.15) is 32.5 Å². The zero-order chi connectivity index (χ0) is 18.4. The van der Waals surface area contributed by atoms with Gasteiger partial charge in [-0.2, -0.15) is 0 Å². The standard InChI is InChI=1S/C20H18N2O3S/c1-2-25-20(24)16-7-9-17(10-8-16)22(14-15-5-3-11-21-13-15)19(23)18-6-4-12-26-18/h3-13H,2,14H2,1H3. The highest BCUT2D eigenvalue weighted by atomic mass is 32.1. The Bertz CT molecular complexity index is 862. The molecular weight excluding hydrogens is 348 g/mol. The molecule has 0 radical (unpaired) electrons. The maximum atomic E-state index is 13.0. The Balaban J connectivity index is 1.90. The lowest BCUT2D eigenvalue weighted by atomic mass is 10.1. The number of nitrogens with zero attached hydrogens (tertiary/aromatic N) is 2. The first-order valence-corrected chi connectivity index (χ1v) is 9.08. The highest BCUT2D eigenvalue weighted by Crippen LogP contribution is 2.23. The van der Waals surface area contributed by atoms with Gasteiger partial charge in [0.25, 0.3) is 5.91 Å². The quantitative estimate of drug-likeness (QED) is 0.615. The van der Waals surface area contributed by atoms with Crippen LogP contribution in [0.3, 0.4) is 0 Å². The summed E-state index contributed by atoms with van der Waals surface area (Å²) in [5, 5.41) is 1.87. The summed E-state index contributed by atoms with van der Waals surface area (Å²) in [6, 6.07) is 14.3. The minimum atomic E-state index is -0.373. The first-order valence-electron chi connectivity index (χ1n) is 8.20. The second-order valence-electron chi connectivity index (χ2n) is 5.50. The fraction of sp³-hybridized carbons (Fsp3) is 0.150. The molecule has 0 bridgehead atoms. The molecule has 0 fully saturated rings. The summed E-state index contributed by atoms with van der Waals surface area (Å²) in [5.41, 5.74) is 2.09. The molecule has 0 aliphatic rings. The molecule has 0 saturated heterocycles. The smallest absolute Gasteiger partial charge is 0.338 e. The van der Waals surface area contributed by atoms with E-state index in [1.54, 1.807) is 54.5 Å². The lowest BCUT2D eigenvalue weighted by Crippen LogP contribution is -2.29. The number of thiophene rings is 1. The summed E-state index contributed by atoms with van der Waals surface area (Å²) in [5.74, 6) is -0.463. The molecule has 0 spiro atoms. The van der Waals surface area contributed by atoms with Crippen LogP contribution in [0.2, 0.25) is 0 Å². The summed E-state index contributed by atoms with van der Waals surface area (Å²) < 4.78 is 5.00. The summed E-state index contributed by atoms with van der Waals surface area (Å²) in [6.07, 6.45) is 3.44. The predicted octanol–water partition coefficient (Wildman–Crippen LogP) is 4.17. The van der Waals surface area contributed by atoms with Crippen LogP contribution in [-0.4, -0.2) is 23.5 Å². The Morgan fingerprint density at radius 2 is 1.92 bits per heavy atom. The second-order valence-corrected chi connectivity index (χ2v) is 6.44. The number of anilines is 1. The number of rotatable bonds is 6. The van der Waals surface area contributed by atoms with E-state index in [2.05, 4.69) is 4.98 Å². The van der Waals surface area contributed by atoms with E-state index < -0.39 is 0 Å². The Kier molecular flexibility index (Phi) is 5.76. The summed E-state index contributed by atoms with van der Waals surface area (Å²) in [7, 11) is 0. The monoisotopic (exact) mass is 366 g/mol. The van der Waals surface area contributed by atoms with Crippen LogP contribution in [0.5, 0.6) is 0 Å². The lowest BCUT2D eigenvalue weighted by Gasteiger charge is -2.22. The summed E-state index contributed by atoms with van der Waals surface area (Å²) in [4.78, 5) is 31.2. The molecule has 0 unspecified atom stereocenters. The molecule has 0 N–H and O–H groups in total. The van der Waals surface area contributed by atoms with Crippen LogP contribution in [0.15, 0.2) is 66.3 Å². The van der Waals surface area contributed by atoms with Gasteiger partial charge in [-0.05, 0) is 54.3 Å². The van der Waals surface area contributed by atoms with Gasteiger partial charge in [-0.25, -0.2) is 4.79 Å². The van der Waals surface area contributed by atoms with Crippen molar-refractivity contribution in [1.82, 2.24) is 4.98 Å². The van der Waals surface area contributed by atoms with Crippen LogP contribution in [0.4, 0.5) is 5.69 Å². The summed E-state index contributed by atoms with van der Waals surface area (Å²) >= 11 is 1.40. The third kappa shape index (κ3) is 4.15. The second kappa shape index (κ2) is 8.40. The molecule has 3 rings (SSSR count). The number of hydrogen-bond donors (Lipinski definition) is 0. The molecule has 0 aliphatic heterocycles. The fourth-order valence-corrected chi connectivity index (χ4v) is 3.15. The van der Waals surface area contributed by atoms with Crippen molar-refractivity contribution in [2.75, 3.05) is 11.5 Å². The number of ether oxygens (including phenoxy) is 1. The van der Waals surface area contributed by atoms with Crippen LogP contribution < -0.4 is 4.90 Å². The molecule has 2 aromatic heterocycles. The van der Waals surface area contributed by atoms with Crippen molar-refractivity contribution < 1.29 is 14.3 Å². The molecule has 1 aromatic carbocycles. The number of hydrogen-bond acceptors (Lipinski definition) is 5. The van der Waals surface area contributed by atoms with Crippen LogP contribution in [0.25, 0.3) is 0 Å². The van der Waals surface area contributed by atoms with Gasteiger partial charge in [0.15, 0.2) is 0 Å². The molecule has 26 heavy (non-hydrogen) atoms. The van der Waals surface area contributed by atoms with E-state index >= 15 is 0 Å². The Morgan fingerprint density at radius 1 is 1.12 bits per heavy atom. The van der Waals surface area contributed by atoms with Gasteiger partial charge in [0.05, 0.1) is 23.6 Å². The predicted molar refractivity (Wildman–Crippen MR) is 101 cm³/mol. The van der Waals surface area contributed by atoms with Crippen molar-refractivity contribution in [3.63, 3.8) is 0 Å². The van der Waals surface area contributed by atoms with E-state index in [1.165, 1.54) is 11.3 Å². The van der Waals surface area contributed by atoms with Gasteiger partial charge in [-0.3, -0.25) is 9.78 Å². The van der Waals surface area contributed by atoms with E-state index in [0.717, 1.165) is 5.56 Å². The first kappa shape index (κ1) is 17.8. The number of carbonyl (C=O) groups is 2. The third-order valence-electron chi connectivity index (χ3n) is 3.73. The van der Waals surface area contributed by atoms with Crippen molar-refractivity contribution >= 4 is 28.9 Å². The summed E-state index contributed by atoms with van der Waals surface area (Å²) in [6.45, 7) is 2.48. The van der Waals surface area contributed by atoms with Gasteiger partial charge in [-0.15, -0.1) is 11.3 Å². The fourth-order valence-electron chi connectivity index (χ4n) is 2.48. The number of benzene rings is 1. The van der Waals surface area contributed by atoms with E-state index in [4.69, 9.17) is 4.74 Å². The van der Waals surface area contributed by atoms with Crippen LogP contribution in [0, 0.1) is 0 Å². The van der Waals surface area contributed by atoms with Crippen molar-refractivity contribution in [2.24, 2.45) is 0 Å².